The average Bonchev–Trinajstić information content (AvgIpc) is 3.15. The Bertz CT molecular complexity index is 1010. The molecule has 2 aliphatic rings. The minimum Gasteiger partial charge on any atom is -0.426 e. The van der Waals surface area contributed by atoms with Crippen LogP contribution in [0.4, 0.5) is 0 Å². The molecular formula is C17H16ClN2O7P. The molecule has 0 amide bonds. The maximum absolute atomic E-state index is 12.0. The summed E-state index contributed by atoms with van der Waals surface area (Å²) in [6.07, 6.45) is 1.93. The summed E-state index contributed by atoms with van der Waals surface area (Å²) in [6, 6.07) is 5.29. The van der Waals surface area contributed by atoms with E-state index in [0.717, 1.165) is 5.56 Å². The zero-order valence-electron chi connectivity index (χ0n) is 14.5. The molecule has 0 saturated carbocycles. The lowest BCUT2D eigenvalue weighted by atomic mass is 10.2. The topological polar surface area (TPSA) is 109 Å². The maximum atomic E-state index is 12.0. The van der Waals surface area contributed by atoms with Crippen molar-refractivity contribution in [2.75, 3.05) is 6.61 Å². The summed E-state index contributed by atoms with van der Waals surface area (Å²) in [4.78, 5) is 36.5. The number of H-pyrrole nitrogens is 1. The van der Waals surface area contributed by atoms with Crippen molar-refractivity contribution < 1.29 is 23.1 Å². The maximum Gasteiger partial charge on any atom is 0.397 e. The van der Waals surface area contributed by atoms with Crippen molar-refractivity contribution in [1.82, 2.24) is 9.55 Å². The smallest absolute Gasteiger partial charge is 0.397 e. The van der Waals surface area contributed by atoms with Gasteiger partial charge in [-0.1, -0.05) is 11.6 Å². The number of nitrogens with one attached hydrogen (secondary N) is 1. The highest BCUT2D eigenvalue weighted by atomic mass is 35.5. The Hall–Kier alpha value is -2.03. The van der Waals surface area contributed by atoms with Gasteiger partial charge in [0, 0.05) is 16.8 Å². The number of aldehydes is 1. The second-order valence-corrected chi connectivity index (χ2v) is 7.88. The predicted molar refractivity (Wildman–Crippen MR) is 99.6 cm³/mol. The summed E-state index contributed by atoms with van der Waals surface area (Å²) in [7, 11) is -1.56. The Kier molecular flexibility index (Phi) is 5.61. The van der Waals surface area contributed by atoms with Gasteiger partial charge in [0.15, 0.2) is 6.29 Å². The van der Waals surface area contributed by atoms with Crippen molar-refractivity contribution in [2.45, 2.75) is 31.8 Å². The van der Waals surface area contributed by atoms with E-state index in [-0.39, 0.29) is 18.3 Å². The number of fused-ring (bicyclic) bond motifs is 1. The van der Waals surface area contributed by atoms with E-state index in [9.17, 15) is 14.4 Å². The van der Waals surface area contributed by atoms with Gasteiger partial charge in [0.1, 0.15) is 12.0 Å². The Balaban J connectivity index is 1.35. The summed E-state index contributed by atoms with van der Waals surface area (Å²) >= 11 is 5.95. The average molecular weight is 427 g/mol. The molecule has 3 heterocycles. The highest BCUT2D eigenvalue weighted by Gasteiger charge is 2.31. The van der Waals surface area contributed by atoms with Gasteiger partial charge in [-0.25, -0.2) is 4.79 Å². The number of aromatic nitrogens is 2. The van der Waals surface area contributed by atoms with Crippen LogP contribution in [0.3, 0.4) is 0 Å². The number of halogens is 1. The predicted octanol–water partition coefficient (Wildman–Crippen LogP) is 2.53. The summed E-state index contributed by atoms with van der Waals surface area (Å²) in [5.41, 5.74) is -0.615. The molecule has 1 aromatic heterocycles. The van der Waals surface area contributed by atoms with Crippen molar-refractivity contribution in [2.24, 2.45) is 0 Å². The van der Waals surface area contributed by atoms with E-state index >= 15 is 0 Å². The van der Waals surface area contributed by atoms with Crippen LogP contribution in [-0.4, -0.2) is 28.5 Å². The number of carbonyl (C=O) groups is 1. The molecule has 28 heavy (non-hydrogen) atoms. The largest absolute Gasteiger partial charge is 0.426 e. The number of benzene rings is 1. The quantitative estimate of drug-likeness (QED) is 0.578. The van der Waals surface area contributed by atoms with E-state index in [0.29, 0.717) is 36.5 Å². The molecule has 0 bridgehead atoms. The van der Waals surface area contributed by atoms with Crippen molar-refractivity contribution in [3.8, 4) is 5.75 Å². The zero-order valence-corrected chi connectivity index (χ0v) is 16.2. The van der Waals surface area contributed by atoms with Crippen LogP contribution < -0.4 is 15.8 Å². The summed E-state index contributed by atoms with van der Waals surface area (Å²) in [5.74, 6) is 0.674. The molecular weight excluding hydrogens is 411 g/mol. The molecule has 4 rings (SSSR count). The van der Waals surface area contributed by atoms with Gasteiger partial charge in [-0.2, -0.15) is 0 Å². The lowest BCUT2D eigenvalue weighted by Crippen LogP contribution is -2.34. The van der Waals surface area contributed by atoms with Crippen molar-refractivity contribution >= 4 is 26.5 Å². The van der Waals surface area contributed by atoms with Crippen LogP contribution in [0.1, 0.15) is 35.0 Å². The molecule has 148 valence electrons. The number of carbonyl (C=O) groups excluding carboxylic acids is 1. The molecule has 1 aromatic carbocycles. The van der Waals surface area contributed by atoms with Gasteiger partial charge < -0.3 is 9.26 Å². The number of rotatable bonds is 5. The molecule has 2 aromatic rings. The van der Waals surface area contributed by atoms with E-state index in [1.807, 2.05) is 0 Å². The zero-order chi connectivity index (χ0) is 19.7. The van der Waals surface area contributed by atoms with Gasteiger partial charge in [-0.15, -0.1) is 0 Å². The lowest BCUT2D eigenvalue weighted by Gasteiger charge is -2.25. The lowest BCUT2D eigenvalue weighted by molar-refractivity contribution is -0.0229. The second kappa shape index (κ2) is 8.14. The van der Waals surface area contributed by atoms with Crippen LogP contribution in [0.15, 0.2) is 34.0 Å². The van der Waals surface area contributed by atoms with E-state index in [1.165, 1.54) is 10.8 Å². The fourth-order valence-electron chi connectivity index (χ4n) is 3.00. The van der Waals surface area contributed by atoms with Gasteiger partial charge in [-0.05, 0) is 31.0 Å². The van der Waals surface area contributed by atoms with E-state index < -0.39 is 26.1 Å². The van der Waals surface area contributed by atoms with Crippen molar-refractivity contribution in [3.05, 3.63) is 61.4 Å². The molecule has 0 radical (unpaired) electrons. The first-order valence-corrected chi connectivity index (χ1v) is 9.99. The van der Waals surface area contributed by atoms with Crippen LogP contribution >= 0.6 is 20.2 Å². The summed E-state index contributed by atoms with van der Waals surface area (Å²) in [6.45, 7) is 0.570. The van der Waals surface area contributed by atoms with E-state index in [2.05, 4.69) is 4.98 Å². The fraction of sp³-hybridized carbons (Fsp3) is 0.353. The summed E-state index contributed by atoms with van der Waals surface area (Å²) in [5, 5.41) is 0.610. The van der Waals surface area contributed by atoms with Gasteiger partial charge in [0.2, 0.25) is 0 Å². The fourth-order valence-corrected chi connectivity index (χ4v) is 4.24. The second-order valence-electron chi connectivity index (χ2n) is 6.30. The molecule has 0 spiro atoms. The number of aromatic amines is 1. The molecule has 3 unspecified atom stereocenters. The Morgan fingerprint density at radius 1 is 1.36 bits per heavy atom. The molecule has 9 nitrogen and oxygen atoms in total. The van der Waals surface area contributed by atoms with E-state index in [4.69, 9.17) is 29.9 Å². The van der Waals surface area contributed by atoms with Gasteiger partial charge in [0.25, 0.3) is 5.56 Å². The summed E-state index contributed by atoms with van der Waals surface area (Å²) < 4.78 is 24.0. The first kappa shape index (κ1) is 19.3. The third kappa shape index (κ3) is 4.04. The van der Waals surface area contributed by atoms with Crippen LogP contribution in [0.2, 0.25) is 5.02 Å². The van der Waals surface area contributed by atoms with Crippen LogP contribution in [-0.2, 0) is 20.4 Å². The first-order chi connectivity index (χ1) is 13.5. The van der Waals surface area contributed by atoms with Crippen LogP contribution in [0.25, 0.3) is 0 Å². The molecule has 1 N–H and O–H groups in total. The van der Waals surface area contributed by atoms with E-state index in [1.54, 1.807) is 18.2 Å². The molecule has 0 aliphatic carbocycles. The van der Waals surface area contributed by atoms with Gasteiger partial charge >= 0.3 is 14.3 Å². The SMILES string of the molecule is O=Cc1cn(C2CCC(COP3OCc4cc(Cl)ccc4O3)O2)c(=O)[nH]c1=O. The molecule has 2 aliphatic heterocycles. The minimum atomic E-state index is -1.56. The third-order valence-corrected chi connectivity index (χ3v) is 5.69. The van der Waals surface area contributed by atoms with Gasteiger partial charge in [0.05, 0.1) is 24.9 Å². The normalized spacial score (nSPS) is 23.8. The Morgan fingerprint density at radius 2 is 2.21 bits per heavy atom. The highest BCUT2D eigenvalue weighted by Crippen LogP contribution is 2.48. The Labute approximate surface area is 165 Å². The molecule has 1 saturated heterocycles. The minimum absolute atomic E-state index is 0.130. The van der Waals surface area contributed by atoms with Crippen molar-refractivity contribution in [3.63, 3.8) is 0 Å². The highest BCUT2D eigenvalue weighted by molar-refractivity contribution is 7.42. The molecule has 11 heteroatoms. The van der Waals surface area contributed by atoms with Crippen LogP contribution in [0.5, 0.6) is 5.75 Å². The first-order valence-electron chi connectivity index (χ1n) is 8.52. The monoisotopic (exact) mass is 426 g/mol. The Morgan fingerprint density at radius 3 is 3.04 bits per heavy atom. The number of nitrogens with zero attached hydrogens (tertiary/aromatic N) is 1. The number of hydrogen-bond donors (Lipinski definition) is 1. The molecule has 3 atom stereocenters. The number of hydrogen-bond acceptors (Lipinski definition) is 7. The van der Waals surface area contributed by atoms with Crippen LogP contribution in [0, 0.1) is 0 Å². The molecule has 1 fully saturated rings. The number of ether oxygens (including phenoxy) is 1. The van der Waals surface area contributed by atoms with Crippen molar-refractivity contribution in [1.29, 1.82) is 0 Å². The van der Waals surface area contributed by atoms with Gasteiger partial charge in [-0.3, -0.25) is 28.2 Å². The third-order valence-electron chi connectivity index (χ3n) is 4.40. The standard InChI is InChI=1S/C17H16ClN2O7P/c18-12-1-3-14-10(5-12)8-24-28(27-14)25-9-13-2-4-15(26-13)20-6-11(7-21)16(22)19-17(20)23/h1,3,5-7,13,15H,2,4,8-9H2,(H,19,22,23).